The Hall–Kier alpha value is -8.02. The molecule has 2 aromatic heterocycles. The summed E-state index contributed by atoms with van der Waals surface area (Å²) in [6, 6.07) is 67.6. The van der Waals surface area contributed by atoms with Crippen molar-refractivity contribution in [2.45, 2.75) is 0 Å². The van der Waals surface area contributed by atoms with Crippen molar-refractivity contribution in [3.63, 3.8) is 0 Å². The largest absolute Gasteiger partial charge is 0.381 e. The van der Waals surface area contributed by atoms with Crippen LogP contribution in [-0.4, -0.2) is 26.5 Å². The molecule has 0 unspecified atom stereocenters. The van der Waals surface area contributed by atoms with Crippen LogP contribution in [0.5, 0.6) is 0 Å². The molecule has 0 aliphatic carbocycles. The molecule has 1 N–H and O–H groups in total. The van der Waals surface area contributed by atoms with E-state index in [2.05, 4.69) is 186 Å². The fourth-order valence-corrected chi connectivity index (χ4v) is 7.84. The summed E-state index contributed by atoms with van der Waals surface area (Å²) in [6.45, 7) is 0.828. The van der Waals surface area contributed by atoms with E-state index in [4.69, 9.17) is 15.0 Å². The van der Waals surface area contributed by atoms with E-state index in [1.54, 1.807) is 0 Å². The molecule has 0 amide bonds. The van der Waals surface area contributed by atoms with E-state index in [0.717, 1.165) is 90.3 Å². The molecule has 1 aliphatic heterocycles. The molecular formula is C55H39N5. The Labute approximate surface area is 350 Å². The fourth-order valence-electron chi connectivity index (χ4n) is 7.84. The van der Waals surface area contributed by atoms with Crippen LogP contribution in [0.3, 0.4) is 0 Å². The molecule has 60 heavy (non-hydrogen) atoms. The molecule has 10 rings (SSSR count). The number of rotatable bonds is 9. The SMILES string of the molecule is C1=CCNC(c2cccc(-c3cccc(-c4ccccc4-c4nc(-c5ccccc5)nc(-c5ccccc5-c5cccc(-c6cccc(-c7ccccn7)c6)c5)n4)c3)c2)=C1. The van der Waals surface area contributed by atoms with Gasteiger partial charge in [-0.1, -0.05) is 170 Å². The van der Waals surface area contributed by atoms with Gasteiger partial charge in [0.15, 0.2) is 17.5 Å². The highest BCUT2D eigenvalue weighted by Gasteiger charge is 2.18. The van der Waals surface area contributed by atoms with Crippen LogP contribution in [0.2, 0.25) is 0 Å². The highest BCUT2D eigenvalue weighted by Crippen LogP contribution is 2.38. The van der Waals surface area contributed by atoms with Gasteiger partial charge in [-0.25, -0.2) is 15.0 Å². The van der Waals surface area contributed by atoms with Gasteiger partial charge in [-0.3, -0.25) is 4.98 Å². The molecule has 0 saturated carbocycles. The van der Waals surface area contributed by atoms with Crippen LogP contribution in [0.1, 0.15) is 5.56 Å². The van der Waals surface area contributed by atoms with Crippen molar-refractivity contribution in [2.24, 2.45) is 0 Å². The van der Waals surface area contributed by atoms with Crippen LogP contribution in [0.25, 0.3) is 95.6 Å². The zero-order valence-electron chi connectivity index (χ0n) is 32.8. The van der Waals surface area contributed by atoms with E-state index in [0.29, 0.717) is 17.5 Å². The van der Waals surface area contributed by atoms with Crippen molar-refractivity contribution in [3.05, 3.63) is 224 Å². The van der Waals surface area contributed by atoms with E-state index >= 15 is 0 Å². The zero-order chi connectivity index (χ0) is 40.1. The summed E-state index contributed by atoms with van der Waals surface area (Å²) in [5.41, 5.74) is 15.9. The number of benzene rings is 7. The van der Waals surface area contributed by atoms with Gasteiger partial charge in [-0.2, -0.15) is 0 Å². The number of aromatic nitrogens is 4. The number of hydrogen-bond acceptors (Lipinski definition) is 5. The molecule has 5 nitrogen and oxygen atoms in total. The lowest BCUT2D eigenvalue weighted by Crippen LogP contribution is -2.14. The first-order valence-corrected chi connectivity index (χ1v) is 20.2. The molecule has 7 aromatic carbocycles. The number of nitrogens with one attached hydrogen (secondary N) is 1. The molecule has 9 aromatic rings. The summed E-state index contributed by atoms with van der Waals surface area (Å²) in [5, 5.41) is 3.49. The maximum atomic E-state index is 5.29. The topological polar surface area (TPSA) is 63.6 Å². The lowest BCUT2D eigenvalue weighted by Gasteiger charge is -2.15. The van der Waals surface area contributed by atoms with E-state index in [1.165, 1.54) is 0 Å². The predicted molar refractivity (Wildman–Crippen MR) is 246 cm³/mol. The molecule has 0 radical (unpaired) electrons. The number of nitrogens with zero attached hydrogens (tertiary/aromatic N) is 4. The van der Waals surface area contributed by atoms with Crippen LogP contribution in [0.15, 0.2) is 219 Å². The van der Waals surface area contributed by atoms with Crippen molar-refractivity contribution in [1.82, 2.24) is 25.3 Å². The van der Waals surface area contributed by atoms with Crippen LogP contribution in [0, 0.1) is 0 Å². The summed E-state index contributed by atoms with van der Waals surface area (Å²) in [7, 11) is 0. The normalized spacial score (nSPS) is 12.1. The van der Waals surface area contributed by atoms with Gasteiger partial charge in [0.05, 0.1) is 5.69 Å². The third-order valence-corrected chi connectivity index (χ3v) is 10.8. The molecule has 5 heteroatoms. The minimum absolute atomic E-state index is 0.609. The summed E-state index contributed by atoms with van der Waals surface area (Å²) >= 11 is 0. The second-order valence-corrected chi connectivity index (χ2v) is 14.7. The Morgan fingerprint density at radius 2 is 0.800 bits per heavy atom. The van der Waals surface area contributed by atoms with Crippen molar-refractivity contribution in [1.29, 1.82) is 0 Å². The van der Waals surface area contributed by atoms with Crippen molar-refractivity contribution in [2.75, 3.05) is 6.54 Å². The third kappa shape index (κ3) is 7.55. The maximum absolute atomic E-state index is 5.29. The van der Waals surface area contributed by atoms with Gasteiger partial charge in [0, 0.05) is 40.7 Å². The van der Waals surface area contributed by atoms with E-state index in [9.17, 15) is 0 Å². The average Bonchev–Trinajstić information content (AvgIpc) is 3.35. The highest BCUT2D eigenvalue weighted by molar-refractivity contribution is 5.87. The number of allylic oxidation sites excluding steroid dienone is 2. The number of dihydropyridines is 1. The molecule has 1 aliphatic rings. The Bertz CT molecular complexity index is 3040. The Balaban J connectivity index is 1.06. The van der Waals surface area contributed by atoms with Crippen molar-refractivity contribution >= 4 is 5.70 Å². The predicted octanol–water partition coefficient (Wildman–Crippen LogP) is 13.1. The monoisotopic (exact) mass is 769 g/mol. The maximum Gasteiger partial charge on any atom is 0.164 e. The highest BCUT2D eigenvalue weighted by atomic mass is 15.0. The molecular weight excluding hydrogens is 731 g/mol. The molecule has 0 spiro atoms. The molecule has 284 valence electrons. The minimum Gasteiger partial charge on any atom is -0.381 e. The summed E-state index contributed by atoms with van der Waals surface area (Å²) in [4.78, 5) is 20.2. The van der Waals surface area contributed by atoms with Gasteiger partial charge in [0.1, 0.15) is 0 Å². The molecule has 0 bridgehead atoms. The fraction of sp³-hybridized carbons (Fsp3) is 0.0182. The molecule has 0 saturated heterocycles. The van der Waals surface area contributed by atoms with Gasteiger partial charge in [0.2, 0.25) is 0 Å². The Morgan fingerprint density at radius 3 is 1.35 bits per heavy atom. The van der Waals surface area contributed by atoms with E-state index in [-0.39, 0.29) is 0 Å². The molecule has 3 heterocycles. The van der Waals surface area contributed by atoms with E-state index < -0.39 is 0 Å². The van der Waals surface area contributed by atoms with Crippen LogP contribution in [-0.2, 0) is 0 Å². The van der Waals surface area contributed by atoms with Crippen molar-refractivity contribution in [3.8, 4) is 89.9 Å². The number of hydrogen-bond donors (Lipinski definition) is 1. The van der Waals surface area contributed by atoms with Gasteiger partial charge >= 0.3 is 0 Å². The molecule has 0 fully saturated rings. The standard InChI is InChI=1S/C55H39N5/c1-2-16-38(17-3-1)53-58-54(49-28-6-4-26-47(49)43-22-12-18-39(34-43)41-20-14-24-45(36-41)51-30-8-10-32-56-51)60-55(59-53)50-29-7-5-27-48(50)44-23-13-19-40(35-44)42-21-15-25-46(37-42)52-31-9-11-33-57-52/h1-32,34-37,57H,33H2. The van der Waals surface area contributed by atoms with Crippen LogP contribution < -0.4 is 5.32 Å². The summed E-state index contributed by atoms with van der Waals surface area (Å²) < 4.78 is 0. The first-order valence-electron chi connectivity index (χ1n) is 20.2. The Kier molecular flexibility index (Phi) is 9.96. The first-order chi connectivity index (χ1) is 29.7. The second-order valence-electron chi connectivity index (χ2n) is 14.7. The zero-order valence-corrected chi connectivity index (χ0v) is 32.8. The van der Waals surface area contributed by atoms with Gasteiger partial charge in [-0.05, 0) is 92.5 Å². The second kappa shape index (κ2) is 16.5. The lowest BCUT2D eigenvalue weighted by molar-refractivity contribution is 0.996. The summed E-state index contributed by atoms with van der Waals surface area (Å²) in [5.74, 6) is 1.84. The van der Waals surface area contributed by atoms with Crippen LogP contribution >= 0.6 is 0 Å². The Morgan fingerprint density at radius 1 is 0.350 bits per heavy atom. The third-order valence-electron chi connectivity index (χ3n) is 10.8. The minimum atomic E-state index is 0.609. The van der Waals surface area contributed by atoms with E-state index in [1.807, 2.05) is 42.6 Å². The smallest absolute Gasteiger partial charge is 0.164 e. The van der Waals surface area contributed by atoms with Crippen molar-refractivity contribution < 1.29 is 0 Å². The average molecular weight is 770 g/mol. The summed E-state index contributed by atoms with van der Waals surface area (Å²) in [6.07, 6.45) is 8.18. The first kappa shape index (κ1) is 36.3. The van der Waals surface area contributed by atoms with Crippen LogP contribution in [0.4, 0.5) is 0 Å². The van der Waals surface area contributed by atoms with Gasteiger partial charge in [0.25, 0.3) is 0 Å². The van der Waals surface area contributed by atoms with Gasteiger partial charge < -0.3 is 5.32 Å². The quantitative estimate of drug-likeness (QED) is 0.158. The number of pyridine rings is 1. The molecule has 0 atom stereocenters. The lowest BCUT2D eigenvalue weighted by atomic mass is 9.94. The van der Waals surface area contributed by atoms with Gasteiger partial charge in [-0.15, -0.1) is 0 Å².